The lowest BCUT2D eigenvalue weighted by Gasteiger charge is -2.35. The fourth-order valence-corrected chi connectivity index (χ4v) is 3.05. The normalized spacial score (nSPS) is 17.3. The molecule has 124 valence electrons. The van der Waals surface area contributed by atoms with Gasteiger partial charge in [-0.25, -0.2) is 0 Å². The number of nitrogens with one attached hydrogen (secondary N) is 1. The third-order valence-corrected chi connectivity index (χ3v) is 4.33. The first-order valence-electron chi connectivity index (χ1n) is 7.59. The number of benzene rings is 2. The number of nitrogens with zero attached hydrogens (tertiary/aromatic N) is 1. The Balaban J connectivity index is 1.98. The summed E-state index contributed by atoms with van der Waals surface area (Å²) in [4.78, 5) is 26.9. The smallest absolute Gasteiger partial charge is 0.255 e. The lowest BCUT2D eigenvalue weighted by molar-refractivity contribution is -0.128. The van der Waals surface area contributed by atoms with Crippen LogP contribution in [-0.4, -0.2) is 36.9 Å². The van der Waals surface area contributed by atoms with E-state index in [0.29, 0.717) is 35.0 Å². The minimum atomic E-state index is -0.744. The van der Waals surface area contributed by atoms with Crippen molar-refractivity contribution in [2.45, 2.75) is 6.04 Å². The summed E-state index contributed by atoms with van der Waals surface area (Å²) >= 11 is 6.25. The van der Waals surface area contributed by atoms with E-state index in [1.165, 1.54) is 0 Å². The molecule has 0 aromatic heterocycles. The number of methoxy groups -OCH3 is 1. The Hall–Kier alpha value is -2.53. The van der Waals surface area contributed by atoms with Gasteiger partial charge in [-0.05, 0) is 24.3 Å². The summed E-state index contributed by atoms with van der Waals surface area (Å²) in [6.45, 7) is 0.827. The summed E-state index contributed by atoms with van der Waals surface area (Å²) in [5.74, 6) is 0.135. The van der Waals surface area contributed by atoms with Gasteiger partial charge in [0.15, 0.2) is 0 Å². The molecule has 1 aliphatic heterocycles. The second kappa shape index (κ2) is 6.93. The molecule has 1 heterocycles. The Morgan fingerprint density at radius 3 is 2.79 bits per heavy atom. The number of hydrogen-bond acceptors (Lipinski definition) is 3. The highest BCUT2D eigenvalue weighted by atomic mass is 35.5. The summed E-state index contributed by atoms with van der Waals surface area (Å²) < 4.78 is 5.17. The van der Waals surface area contributed by atoms with Gasteiger partial charge in [0.2, 0.25) is 5.91 Å². The molecular formula is C18H17ClN2O3. The molecule has 6 heteroatoms. The number of piperazine rings is 1. The van der Waals surface area contributed by atoms with Crippen molar-refractivity contribution in [3.8, 4) is 5.75 Å². The van der Waals surface area contributed by atoms with Gasteiger partial charge in [0.1, 0.15) is 11.8 Å². The van der Waals surface area contributed by atoms with Gasteiger partial charge in [0.05, 0.1) is 7.11 Å². The first-order valence-corrected chi connectivity index (χ1v) is 7.97. The Morgan fingerprint density at radius 1 is 1.25 bits per heavy atom. The fourth-order valence-electron chi connectivity index (χ4n) is 2.81. The van der Waals surface area contributed by atoms with E-state index in [4.69, 9.17) is 16.3 Å². The van der Waals surface area contributed by atoms with Crippen LogP contribution in [0.4, 0.5) is 0 Å². The molecule has 1 unspecified atom stereocenters. The Labute approximate surface area is 145 Å². The molecule has 1 saturated heterocycles. The largest absolute Gasteiger partial charge is 0.497 e. The zero-order valence-electron chi connectivity index (χ0n) is 13.2. The summed E-state index contributed by atoms with van der Waals surface area (Å²) in [5, 5.41) is 3.26. The number of amides is 2. The van der Waals surface area contributed by atoms with E-state index in [1.54, 1.807) is 60.5 Å². The molecule has 0 radical (unpaired) electrons. The van der Waals surface area contributed by atoms with Gasteiger partial charge >= 0.3 is 0 Å². The zero-order chi connectivity index (χ0) is 17.1. The number of halogens is 1. The SMILES string of the molecule is COc1cccc(C(=O)N2CCNC(=O)C2c2ccccc2Cl)c1. The summed E-state index contributed by atoms with van der Waals surface area (Å²) in [6, 6.07) is 13.2. The van der Waals surface area contributed by atoms with Crippen LogP contribution in [0.25, 0.3) is 0 Å². The quantitative estimate of drug-likeness (QED) is 0.931. The molecule has 1 N–H and O–H groups in total. The van der Waals surface area contributed by atoms with E-state index in [9.17, 15) is 9.59 Å². The van der Waals surface area contributed by atoms with Crippen LogP contribution in [0.3, 0.4) is 0 Å². The van der Waals surface area contributed by atoms with Gasteiger partial charge < -0.3 is 15.0 Å². The standard InChI is InChI=1S/C18H17ClN2O3/c1-24-13-6-4-5-12(11-13)18(23)21-10-9-20-17(22)16(21)14-7-2-3-8-15(14)19/h2-8,11,16H,9-10H2,1H3,(H,20,22). The van der Waals surface area contributed by atoms with Gasteiger partial charge in [-0.2, -0.15) is 0 Å². The first-order chi connectivity index (χ1) is 11.6. The third kappa shape index (κ3) is 3.08. The minimum Gasteiger partial charge on any atom is -0.497 e. The molecule has 0 saturated carbocycles. The van der Waals surface area contributed by atoms with Crippen molar-refractivity contribution in [2.75, 3.05) is 20.2 Å². The van der Waals surface area contributed by atoms with Crippen LogP contribution in [0.1, 0.15) is 22.0 Å². The maximum absolute atomic E-state index is 13.0. The number of ether oxygens (including phenoxy) is 1. The van der Waals surface area contributed by atoms with E-state index in [-0.39, 0.29) is 11.8 Å². The van der Waals surface area contributed by atoms with Crippen LogP contribution in [0.5, 0.6) is 5.75 Å². The average molecular weight is 345 g/mol. The predicted octanol–water partition coefficient (Wildman–Crippen LogP) is 2.66. The molecule has 1 atom stereocenters. The Bertz CT molecular complexity index is 778. The lowest BCUT2D eigenvalue weighted by atomic mass is 10.0. The highest BCUT2D eigenvalue weighted by Crippen LogP contribution is 2.30. The molecule has 0 spiro atoms. The molecular weight excluding hydrogens is 328 g/mol. The molecule has 2 aromatic carbocycles. The van der Waals surface area contributed by atoms with Crippen LogP contribution in [0.2, 0.25) is 5.02 Å². The van der Waals surface area contributed by atoms with E-state index < -0.39 is 6.04 Å². The summed E-state index contributed by atoms with van der Waals surface area (Å²) in [5.41, 5.74) is 1.09. The fraction of sp³-hybridized carbons (Fsp3) is 0.222. The summed E-state index contributed by atoms with van der Waals surface area (Å²) in [6.07, 6.45) is 0. The van der Waals surface area contributed by atoms with Crippen molar-refractivity contribution in [2.24, 2.45) is 0 Å². The van der Waals surface area contributed by atoms with Gasteiger partial charge in [-0.3, -0.25) is 9.59 Å². The van der Waals surface area contributed by atoms with Crippen LogP contribution < -0.4 is 10.1 Å². The Kier molecular flexibility index (Phi) is 4.71. The second-order valence-corrected chi connectivity index (χ2v) is 5.85. The van der Waals surface area contributed by atoms with E-state index >= 15 is 0 Å². The second-order valence-electron chi connectivity index (χ2n) is 5.45. The van der Waals surface area contributed by atoms with Gasteiger partial charge in [-0.15, -0.1) is 0 Å². The number of hydrogen-bond donors (Lipinski definition) is 1. The van der Waals surface area contributed by atoms with E-state index in [2.05, 4.69) is 5.32 Å². The third-order valence-electron chi connectivity index (χ3n) is 3.99. The monoisotopic (exact) mass is 344 g/mol. The molecule has 2 amide bonds. The van der Waals surface area contributed by atoms with Crippen LogP contribution in [0.15, 0.2) is 48.5 Å². The van der Waals surface area contributed by atoms with Crippen molar-refractivity contribution in [3.05, 3.63) is 64.7 Å². The van der Waals surface area contributed by atoms with Crippen LogP contribution in [0, 0.1) is 0 Å². The minimum absolute atomic E-state index is 0.228. The number of carbonyl (C=O) groups is 2. The van der Waals surface area contributed by atoms with Crippen molar-refractivity contribution in [1.29, 1.82) is 0 Å². The van der Waals surface area contributed by atoms with Gasteiger partial charge in [0, 0.05) is 29.2 Å². The molecule has 3 rings (SSSR count). The molecule has 5 nitrogen and oxygen atoms in total. The maximum atomic E-state index is 13.0. The zero-order valence-corrected chi connectivity index (χ0v) is 13.9. The van der Waals surface area contributed by atoms with E-state index in [1.807, 2.05) is 0 Å². The Morgan fingerprint density at radius 2 is 2.04 bits per heavy atom. The topological polar surface area (TPSA) is 58.6 Å². The first kappa shape index (κ1) is 16.3. The van der Waals surface area contributed by atoms with Crippen molar-refractivity contribution in [3.63, 3.8) is 0 Å². The highest BCUT2D eigenvalue weighted by Gasteiger charge is 2.35. The maximum Gasteiger partial charge on any atom is 0.255 e. The van der Waals surface area contributed by atoms with Gasteiger partial charge in [0.25, 0.3) is 5.91 Å². The molecule has 24 heavy (non-hydrogen) atoms. The molecule has 0 bridgehead atoms. The summed E-state index contributed by atoms with van der Waals surface area (Å²) in [7, 11) is 1.55. The van der Waals surface area contributed by atoms with Crippen molar-refractivity contribution < 1.29 is 14.3 Å². The van der Waals surface area contributed by atoms with Crippen LogP contribution >= 0.6 is 11.6 Å². The van der Waals surface area contributed by atoms with Crippen molar-refractivity contribution >= 4 is 23.4 Å². The molecule has 1 fully saturated rings. The van der Waals surface area contributed by atoms with Crippen molar-refractivity contribution in [1.82, 2.24) is 10.2 Å². The molecule has 0 aliphatic carbocycles. The number of carbonyl (C=O) groups excluding carboxylic acids is 2. The molecule has 1 aliphatic rings. The predicted molar refractivity (Wildman–Crippen MR) is 91.2 cm³/mol. The van der Waals surface area contributed by atoms with Gasteiger partial charge in [-0.1, -0.05) is 35.9 Å². The van der Waals surface area contributed by atoms with E-state index in [0.717, 1.165) is 0 Å². The lowest BCUT2D eigenvalue weighted by Crippen LogP contribution is -2.52. The van der Waals surface area contributed by atoms with Crippen LogP contribution in [-0.2, 0) is 4.79 Å². The molecule has 2 aromatic rings. The number of rotatable bonds is 3. The highest BCUT2D eigenvalue weighted by molar-refractivity contribution is 6.31. The average Bonchev–Trinajstić information content (AvgIpc) is 2.62.